The first-order chi connectivity index (χ1) is 10.2. The fourth-order valence-electron chi connectivity index (χ4n) is 3.09. The van der Waals surface area contributed by atoms with E-state index in [1.165, 1.54) is 25.7 Å². The summed E-state index contributed by atoms with van der Waals surface area (Å²) < 4.78 is 0.939. The topological polar surface area (TPSA) is 25.8 Å². The van der Waals surface area contributed by atoms with Crippen LogP contribution in [-0.4, -0.2) is 9.97 Å². The molecule has 2 nitrogen and oxygen atoms in total. The molecule has 4 heteroatoms. The Labute approximate surface area is 144 Å². The Kier molecular flexibility index (Phi) is 4.79. The third-order valence-corrected chi connectivity index (χ3v) is 5.97. The van der Waals surface area contributed by atoms with E-state index in [1.807, 2.05) is 18.2 Å². The molecule has 1 aromatic carbocycles. The van der Waals surface area contributed by atoms with Gasteiger partial charge in [0.2, 0.25) is 0 Å². The number of hydrogen-bond donors (Lipinski definition) is 0. The standard InChI is InChI=1S/C17H18ClIN2/c1-2-11-8-9-13(10-11)17-20-15(14(19)16(18)21-17)12-6-4-3-5-7-12/h3-7,11,13H,2,8-10H2,1H3. The third-order valence-electron chi connectivity index (χ3n) is 4.36. The summed E-state index contributed by atoms with van der Waals surface area (Å²) in [5, 5.41) is 0.583. The maximum absolute atomic E-state index is 6.36. The predicted molar refractivity (Wildman–Crippen MR) is 95.6 cm³/mol. The highest BCUT2D eigenvalue weighted by Crippen LogP contribution is 2.40. The van der Waals surface area contributed by atoms with Crippen LogP contribution in [0, 0.1) is 9.49 Å². The SMILES string of the molecule is CCC1CCC(c2nc(Cl)c(I)c(-c3ccccc3)n2)C1. The second-order valence-electron chi connectivity index (χ2n) is 5.69. The van der Waals surface area contributed by atoms with Crippen LogP contribution in [0.15, 0.2) is 30.3 Å². The number of benzene rings is 1. The monoisotopic (exact) mass is 412 g/mol. The minimum Gasteiger partial charge on any atom is -0.231 e. The van der Waals surface area contributed by atoms with Crippen molar-refractivity contribution >= 4 is 34.2 Å². The largest absolute Gasteiger partial charge is 0.231 e. The van der Waals surface area contributed by atoms with Crippen molar-refractivity contribution in [3.8, 4) is 11.3 Å². The quantitative estimate of drug-likeness (QED) is 0.478. The molecule has 0 bridgehead atoms. The fraction of sp³-hybridized carbons (Fsp3) is 0.412. The molecule has 1 heterocycles. The molecule has 2 aromatic rings. The fourth-order valence-corrected chi connectivity index (χ4v) is 3.81. The lowest BCUT2D eigenvalue weighted by atomic mass is 10.0. The van der Waals surface area contributed by atoms with Crippen molar-refractivity contribution in [2.45, 2.75) is 38.5 Å². The lowest BCUT2D eigenvalue weighted by Crippen LogP contribution is -2.05. The predicted octanol–water partition coefficient (Wildman–Crippen LogP) is 5.70. The van der Waals surface area contributed by atoms with E-state index in [4.69, 9.17) is 16.6 Å². The second-order valence-corrected chi connectivity index (χ2v) is 7.12. The van der Waals surface area contributed by atoms with Crippen LogP contribution in [0.2, 0.25) is 5.15 Å². The average molecular weight is 413 g/mol. The molecule has 0 radical (unpaired) electrons. The molecule has 2 atom stereocenters. The Morgan fingerprint density at radius 2 is 1.95 bits per heavy atom. The van der Waals surface area contributed by atoms with Crippen molar-refractivity contribution < 1.29 is 0 Å². The molecule has 3 rings (SSSR count). The van der Waals surface area contributed by atoms with Crippen molar-refractivity contribution in [3.63, 3.8) is 0 Å². The molecule has 1 saturated carbocycles. The van der Waals surface area contributed by atoms with E-state index in [9.17, 15) is 0 Å². The van der Waals surface area contributed by atoms with Crippen LogP contribution < -0.4 is 0 Å². The summed E-state index contributed by atoms with van der Waals surface area (Å²) >= 11 is 8.60. The molecule has 0 spiro atoms. The van der Waals surface area contributed by atoms with Crippen molar-refractivity contribution in [1.82, 2.24) is 9.97 Å². The van der Waals surface area contributed by atoms with Crippen molar-refractivity contribution in [2.24, 2.45) is 5.92 Å². The van der Waals surface area contributed by atoms with E-state index in [-0.39, 0.29) is 0 Å². The molecule has 1 fully saturated rings. The first kappa shape index (κ1) is 15.2. The van der Waals surface area contributed by atoms with Gasteiger partial charge in [-0.15, -0.1) is 0 Å². The summed E-state index contributed by atoms with van der Waals surface area (Å²) in [5.74, 6) is 2.21. The van der Waals surface area contributed by atoms with Crippen molar-refractivity contribution in [1.29, 1.82) is 0 Å². The molecule has 21 heavy (non-hydrogen) atoms. The molecule has 2 unspecified atom stereocenters. The van der Waals surface area contributed by atoms with Gasteiger partial charge in [0.1, 0.15) is 11.0 Å². The molecule has 1 aliphatic rings. The highest BCUT2D eigenvalue weighted by molar-refractivity contribution is 14.1. The first-order valence-electron chi connectivity index (χ1n) is 7.47. The molecule has 0 saturated heterocycles. The van der Waals surface area contributed by atoms with Crippen LogP contribution in [0.4, 0.5) is 0 Å². The summed E-state index contributed by atoms with van der Waals surface area (Å²) in [7, 11) is 0. The van der Waals surface area contributed by atoms with Gasteiger partial charge in [0.15, 0.2) is 0 Å². The Hall–Kier alpha value is -0.680. The Bertz CT molecular complexity index is 630. The molecule has 0 aliphatic heterocycles. The summed E-state index contributed by atoms with van der Waals surface area (Å²) in [6, 6.07) is 10.2. The minimum atomic E-state index is 0.465. The smallest absolute Gasteiger partial charge is 0.146 e. The Morgan fingerprint density at radius 3 is 2.62 bits per heavy atom. The van der Waals surface area contributed by atoms with Gasteiger partial charge in [0, 0.05) is 11.5 Å². The van der Waals surface area contributed by atoms with Gasteiger partial charge in [-0.3, -0.25) is 0 Å². The molecule has 1 aliphatic carbocycles. The summed E-state index contributed by atoms with van der Waals surface area (Å²) in [4.78, 5) is 9.41. The summed E-state index contributed by atoms with van der Waals surface area (Å²) in [6.45, 7) is 2.27. The van der Waals surface area contributed by atoms with Gasteiger partial charge >= 0.3 is 0 Å². The molecule has 1 aromatic heterocycles. The highest BCUT2D eigenvalue weighted by atomic mass is 127. The van der Waals surface area contributed by atoms with Gasteiger partial charge in [-0.25, -0.2) is 9.97 Å². The van der Waals surface area contributed by atoms with Crippen LogP contribution in [0.1, 0.15) is 44.3 Å². The number of hydrogen-bond acceptors (Lipinski definition) is 2. The van der Waals surface area contributed by atoms with Crippen LogP contribution in [0.5, 0.6) is 0 Å². The van der Waals surface area contributed by atoms with Gasteiger partial charge in [0.05, 0.1) is 9.26 Å². The van der Waals surface area contributed by atoms with Gasteiger partial charge < -0.3 is 0 Å². The Balaban J connectivity index is 1.99. The third kappa shape index (κ3) is 3.24. The minimum absolute atomic E-state index is 0.465. The van der Waals surface area contributed by atoms with Crippen LogP contribution in [-0.2, 0) is 0 Å². The van der Waals surface area contributed by atoms with Gasteiger partial charge in [-0.1, -0.05) is 55.3 Å². The van der Waals surface area contributed by atoms with Crippen LogP contribution in [0.3, 0.4) is 0 Å². The maximum atomic E-state index is 6.36. The van der Waals surface area contributed by atoms with Gasteiger partial charge in [-0.2, -0.15) is 0 Å². The van der Waals surface area contributed by atoms with Crippen molar-refractivity contribution in [3.05, 3.63) is 44.9 Å². The number of rotatable bonds is 3. The summed E-state index contributed by atoms with van der Waals surface area (Å²) in [6.07, 6.45) is 4.92. The maximum Gasteiger partial charge on any atom is 0.146 e. The van der Waals surface area contributed by atoms with Gasteiger partial charge in [0.25, 0.3) is 0 Å². The zero-order chi connectivity index (χ0) is 14.8. The summed E-state index contributed by atoms with van der Waals surface area (Å²) in [5.41, 5.74) is 2.07. The molecular formula is C17H18ClIN2. The molecular weight excluding hydrogens is 395 g/mol. The van der Waals surface area contributed by atoms with Crippen molar-refractivity contribution in [2.75, 3.05) is 0 Å². The highest BCUT2D eigenvalue weighted by Gasteiger charge is 2.28. The molecule has 110 valence electrons. The van der Waals surface area contributed by atoms with E-state index in [1.54, 1.807) is 0 Å². The van der Waals surface area contributed by atoms with Crippen LogP contribution in [0.25, 0.3) is 11.3 Å². The Morgan fingerprint density at radius 1 is 1.19 bits per heavy atom. The lowest BCUT2D eigenvalue weighted by molar-refractivity contribution is 0.516. The molecule has 0 N–H and O–H groups in total. The van der Waals surface area contributed by atoms with Gasteiger partial charge in [-0.05, 0) is 47.8 Å². The number of halogens is 2. The number of nitrogens with zero attached hydrogens (tertiary/aromatic N) is 2. The van der Waals surface area contributed by atoms with E-state index in [2.05, 4.69) is 46.6 Å². The van der Waals surface area contributed by atoms with E-state index in [0.29, 0.717) is 11.1 Å². The first-order valence-corrected chi connectivity index (χ1v) is 8.93. The van der Waals surface area contributed by atoms with E-state index < -0.39 is 0 Å². The zero-order valence-electron chi connectivity index (χ0n) is 12.0. The average Bonchev–Trinajstić information content (AvgIpc) is 3.00. The van der Waals surface area contributed by atoms with E-state index >= 15 is 0 Å². The number of aromatic nitrogens is 2. The molecule has 0 amide bonds. The second kappa shape index (κ2) is 6.61. The zero-order valence-corrected chi connectivity index (χ0v) is 14.9. The normalized spacial score (nSPS) is 21.7. The lowest BCUT2D eigenvalue weighted by Gasteiger charge is -2.13. The van der Waals surface area contributed by atoms with E-state index in [0.717, 1.165) is 26.6 Å². The van der Waals surface area contributed by atoms with Crippen LogP contribution >= 0.6 is 34.2 Å².